The van der Waals surface area contributed by atoms with E-state index in [1.165, 1.54) is 11.3 Å². The summed E-state index contributed by atoms with van der Waals surface area (Å²) in [5.41, 5.74) is 1.49. The molecule has 110 valence electrons. The summed E-state index contributed by atoms with van der Waals surface area (Å²) in [5, 5.41) is 2.34. The normalized spacial score (nSPS) is 11.7. The van der Waals surface area contributed by atoms with E-state index in [0.29, 0.717) is 16.4 Å². The summed E-state index contributed by atoms with van der Waals surface area (Å²) in [4.78, 5) is 4.25. The maximum absolute atomic E-state index is 12.2. The zero-order valence-corrected chi connectivity index (χ0v) is 13.5. The Bertz CT molecular complexity index is 839. The van der Waals surface area contributed by atoms with E-state index in [1.54, 1.807) is 42.7 Å². The van der Waals surface area contributed by atoms with Gasteiger partial charge in [-0.3, -0.25) is 4.72 Å². The average molecular weight is 340 g/mol. The Morgan fingerprint density at radius 1 is 1.33 bits per heavy atom. The fourth-order valence-corrected chi connectivity index (χ4v) is 5.10. The fraction of sp³-hybridized carbons (Fsp3) is 0.154. The molecule has 0 aliphatic heterocycles. The number of nitrogens with zero attached hydrogens (tertiary/aromatic N) is 1. The van der Waals surface area contributed by atoms with Gasteiger partial charge in [-0.1, -0.05) is 23.5 Å². The van der Waals surface area contributed by atoms with Crippen LogP contribution in [-0.4, -0.2) is 20.5 Å². The van der Waals surface area contributed by atoms with Crippen molar-refractivity contribution < 1.29 is 13.2 Å². The van der Waals surface area contributed by atoms with Gasteiger partial charge < -0.3 is 4.74 Å². The molecule has 2 heterocycles. The van der Waals surface area contributed by atoms with Crippen molar-refractivity contribution in [1.29, 1.82) is 0 Å². The minimum Gasteiger partial charge on any atom is -0.497 e. The van der Waals surface area contributed by atoms with Crippen LogP contribution in [0, 0.1) is 0 Å². The highest BCUT2D eigenvalue weighted by Crippen LogP contribution is 2.31. The molecule has 2 aromatic heterocycles. The van der Waals surface area contributed by atoms with Gasteiger partial charge in [-0.05, 0) is 29.1 Å². The molecule has 0 spiro atoms. The molecule has 0 aliphatic carbocycles. The number of hydrogen-bond donors (Lipinski definition) is 1. The van der Waals surface area contributed by atoms with Crippen molar-refractivity contribution in [2.75, 3.05) is 11.8 Å². The average Bonchev–Trinajstić information content (AvgIpc) is 2.98. The number of hydrogen-bond acceptors (Lipinski definition) is 6. The van der Waals surface area contributed by atoms with Crippen molar-refractivity contribution in [3.63, 3.8) is 0 Å². The van der Waals surface area contributed by atoms with Crippen LogP contribution in [0.5, 0.6) is 5.75 Å². The molecule has 3 rings (SSSR count). The molecular formula is C13H12N2O3S3. The second kappa shape index (κ2) is 5.63. The van der Waals surface area contributed by atoms with Crippen LogP contribution < -0.4 is 9.46 Å². The third-order valence-corrected chi connectivity index (χ3v) is 6.12. The van der Waals surface area contributed by atoms with Gasteiger partial charge in [-0.2, -0.15) is 0 Å². The van der Waals surface area contributed by atoms with Gasteiger partial charge in [0.05, 0.1) is 18.4 Å². The first-order valence-electron chi connectivity index (χ1n) is 6.03. The van der Waals surface area contributed by atoms with Crippen LogP contribution in [0.3, 0.4) is 0 Å². The second-order valence-electron chi connectivity index (χ2n) is 4.32. The smallest absolute Gasteiger partial charge is 0.238 e. The Balaban J connectivity index is 1.78. The van der Waals surface area contributed by atoms with Gasteiger partial charge in [0.1, 0.15) is 9.76 Å². The van der Waals surface area contributed by atoms with E-state index in [0.717, 1.165) is 9.53 Å². The lowest BCUT2D eigenvalue weighted by atomic mass is 10.2. The minimum atomic E-state index is -3.49. The first kappa shape index (κ1) is 14.3. The molecule has 0 bridgehead atoms. The number of sulfonamides is 1. The lowest BCUT2D eigenvalue weighted by Gasteiger charge is -2.06. The largest absolute Gasteiger partial charge is 0.497 e. The lowest BCUT2D eigenvalue weighted by Crippen LogP contribution is -2.14. The van der Waals surface area contributed by atoms with Crippen molar-refractivity contribution in [2.24, 2.45) is 0 Å². The second-order valence-corrected chi connectivity index (χ2v) is 8.22. The molecule has 0 amide bonds. The maximum Gasteiger partial charge on any atom is 0.238 e. The number of methoxy groups -OCH3 is 1. The van der Waals surface area contributed by atoms with Gasteiger partial charge in [-0.15, -0.1) is 11.3 Å². The predicted octanol–water partition coefficient (Wildman–Crippen LogP) is 3.31. The van der Waals surface area contributed by atoms with Gasteiger partial charge in [-0.25, -0.2) is 13.4 Å². The highest BCUT2D eigenvalue weighted by molar-refractivity contribution is 7.92. The summed E-state index contributed by atoms with van der Waals surface area (Å²) in [6.07, 6.45) is 0. The van der Waals surface area contributed by atoms with Crippen LogP contribution in [-0.2, 0) is 15.8 Å². The molecule has 0 saturated heterocycles. The number of nitrogens with one attached hydrogen (secondary N) is 1. The predicted molar refractivity (Wildman–Crippen MR) is 86.7 cm³/mol. The third-order valence-electron chi connectivity index (χ3n) is 2.76. The number of fused-ring (bicyclic) bond motifs is 1. The number of rotatable bonds is 5. The molecule has 5 nitrogen and oxygen atoms in total. The summed E-state index contributed by atoms with van der Waals surface area (Å²) in [6.45, 7) is 0. The molecule has 0 unspecified atom stereocenters. The van der Waals surface area contributed by atoms with E-state index in [9.17, 15) is 8.42 Å². The van der Waals surface area contributed by atoms with Crippen molar-refractivity contribution in [2.45, 2.75) is 5.75 Å². The molecule has 1 aromatic carbocycles. The fourth-order valence-electron chi connectivity index (χ4n) is 1.86. The molecule has 0 fully saturated rings. The number of anilines is 1. The van der Waals surface area contributed by atoms with E-state index in [-0.39, 0.29) is 5.75 Å². The van der Waals surface area contributed by atoms with Crippen molar-refractivity contribution >= 4 is 47.4 Å². The van der Waals surface area contributed by atoms with Gasteiger partial charge >= 0.3 is 0 Å². The zero-order chi connectivity index (χ0) is 14.9. The van der Waals surface area contributed by atoms with Crippen molar-refractivity contribution in [3.8, 4) is 5.75 Å². The standard InChI is InChI=1S/C13H12N2O3S3/c1-18-10-4-2-3-9(7-10)8-21(16,17)15-13-14-11-5-6-19-12(11)20-13/h2-7H,8H2,1H3,(H,14,15). The summed E-state index contributed by atoms with van der Waals surface area (Å²) in [7, 11) is -1.94. The SMILES string of the molecule is COc1cccc(CS(=O)(=O)Nc2nc3ccsc3s2)c1. The molecule has 0 aliphatic rings. The monoisotopic (exact) mass is 340 g/mol. The molecule has 0 saturated carbocycles. The van der Waals surface area contributed by atoms with Gasteiger partial charge in [0, 0.05) is 0 Å². The van der Waals surface area contributed by atoms with E-state index >= 15 is 0 Å². The van der Waals surface area contributed by atoms with Gasteiger partial charge in [0.2, 0.25) is 10.0 Å². The Labute approximate surface area is 130 Å². The van der Waals surface area contributed by atoms with E-state index in [1.807, 2.05) is 11.4 Å². The van der Waals surface area contributed by atoms with Crippen LogP contribution in [0.25, 0.3) is 9.53 Å². The molecule has 0 radical (unpaired) electrons. The Kier molecular flexibility index (Phi) is 3.83. The Morgan fingerprint density at radius 3 is 2.95 bits per heavy atom. The lowest BCUT2D eigenvalue weighted by molar-refractivity contribution is 0.414. The van der Waals surface area contributed by atoms with E-state index < -0.39 is 10.0 Å². The number of aromatic nitrogens is 1. The highest BCUT2D eigenvalue weighted by Gasteiger charge is 2.15. The van der Waals surface area contributed by atoms with Gasteiger partial charge in [0.25, 0.3) is 0 Å². The van der Waals surface area contributed by atoms with Crippen LogP contribution in [0.1, 0.15) is 5.56 Å². The molecule has 8 heteroatoms. The summed E-state index contributed by atoms with van der Waals surface area (Å²) >= 11 is 2.89. The quantitative estimate of drug-likeness (QED) is 0.774. The van der Waals surface area contributed by atoms with Crippen LogP contribution >= 0.6 is 22.7 Å². The first-order chi connectivity index (χ1) is 10.1. The molecular weight excluding hydrogens is 328 g/mol. The van der Waals surface area contributed by atoms with Gasteiger partial charge in [0.15, 0.2) is 5.13 Å². The van der Waals surface area contributed by atoms with Crippen LogP contribution in [0.2, 0.25) is 0 Å². The first-order valence-corrected chi connectivity index (χ1v) is 9.38. The summed E-state index contributed by atoms with van der Waals surface area (Å²) in [6, 6.07) is 8.87. The topological polar surface area (TPSA) is 68.3 Å². The number of benzene rings is 1. The maximum atomic E-state index is 12.2. The summed E-state index contributed by atoms with van der Waals surface area (Å²) < 4.78 is 33.0. The molecule has 21 heavy (non-hydrogen) atoms. The third kappa shape index (κ3) is 3.34. The van der Waals surface area contributed by atoms with Crippen molar-refractivity contribution in [3.05, 3.63) is 41.3 Å². The van der Waals surface area contributed by atoms with E-state index in [4.69, 9.17) is 4.74 Å². The summed E-state index contributed by atoms with van der Waals surface area (Å²) in [5.74, 6) is 0.523. The Morgan fingerprint density at radius 2 is 2.19 bits per heavy atom. The number of thiophene rings is 1. The van der Waals surface area contributed by atoms with E-state index in [2.05, 4.69) is 9.71 Å². The number of thiazole rings is 1. The van der Waals surface area contributed by atoms with Crippen LogP contribution in [0.4, 0.5) is 5.13 Å². The highest BCUT2D eigenvalue weighted by atomic mass is 32.2. The zero-order valence-electron chi connectivity index (χ0n) is 11.1. The molecule has 1 N–H and O–H groups in total. The Hall–Kier alpha value is -1.64. The van der Waals surface area contributed by atoms with Crippen LogP contribution in [0.15, 0.2) is 35.7 Å². The number of ether oxygens (including phenoxy) is 1. The molecule has 3 aromatic rings. The van der Waals surface area contributed by atoms with Crippen molar-refractivity contribution in [1.82, 2.24) is 4.98 Å². The minimum absolute atomic E-state index is 0.114. The molecule has 0 atom stereocenters.